The molecule has 3 rings (SSSR count). The number of hydrogen-bond acceptors (Lipinski definition) is 4. The topological polar surface area (TPSA) is 81.8 Å². The second-order valence-electron chi connectivity index (χ2n) is 4.75. The molecule has 0 bridgehead atoms. The van der Waals surface area contributed by atoms with E-state index >= 15 is 0 Å². The number of pyridine rings is 1. The molecule has 0 aromatic carbocycles. The monoisotopic (exact) mass is 273 g/mol. The number of carbonyl (C=O) groups is 1. The smallest absolute Gasteiger partial charge is 0.324 e. The summed E-state index contributed by atoms with van der Waals surface area (Å²) >= 11 is 0. The van der Waals surface area contributed by atoms with Gasteiger partial charge in [0.1, 0.15) is 12.4 Å². The minimum absolute atomic E-state index is 0.0683. The molecule has 0 saturated carbocycles. The molecule has 2 aromatic rings. The Morgan fingerprint density at radius 3 is 2.85 bits per heavy atom. The third kappa shape index (κ3) is 2.47. The van der Waals surface area contributed by atoms with Crippen molar-refractivity contribution in [1.82, 2.24) is 19.3 Å². The van der Waals surface area contributed by atoms with E-state index in [9.17, 15) is 9.59 Å². The standard InChI is InChI=1S/C13H15N5O2/c19-12(15-10-4-6-14-7-5-10)9-18-13(20)17-8-2-1-3-11(17)16-18/h4-7H,1-3,8-9H2,(H,14,15,19). The van der Waals surface area contributed by atoms with E-state index in [4.69, 9.17) is 0 Å². The van der Waals surface area contributed by atoms with Gasteiger partial charge in [0.05, 0.1) is 0 Å². The highest BCUT2D eigenvalue weighted by Crippen LogP contribution is 2.09. The van der Waals surface area contributed by atoms with Crippen molar-refractivity contribution in [1.29, 1.82) is 0 Å². The fourth-order valence-corrected chi connectivity index (χ4v) is 2.32. The van der Waals surface area contributed by atoms with E-state index in [1.807, 2.05) is 0 Å². The molecule has 0 radical (unpaired) electrons. The van der Waals surface area contributed by atoms with Gasteiger partial charge in [0.15, 0.2) is 0 Å². The summed E-state index contributed by atoms with van der Waals surface area (Å²) < 4.78 is 2.89. The van der Waals surface area contributed by atoms with Crippen LogP contribution in [0.15, 0.2) is 29.3 Å². The van der Waals surface area contributed by atoms with Crippen molar-refractivity contribution in [2.75, 3.05) is 5.32 Å². The lowest BCUT2D eigenvalue weighted by atomic mass is 10.2. The number of rotatable bonds is 3. The number of aryl methyl sites for hydroxylation is 1. The van der Waals surface area contributed by atoms with Crippen molar-refractivity contribution in [2.24, 2.45) is 0 Å². The Hall–Kier alpha value is -2.44. The van der Waals surface area contributed by atoms with Crippen molar-refractivity contribution in [2.45, 2.75) is 32.4 Å². The third-order valence-corrected chi connectivity index (χ3v) is 3.29. The first-order chi connectivity index (χ1) is 9.74. The maximum Gasteiger partial charge on any atom is 0.346 e. The molecule has 1 aliphatic heterocycles. The normalized spacial score (nSPS) is 13.8. The Morgan fingerprint density at radius 1 is 1.30 bits per heavy atom. The lowest BCUT2D eigenvalue weighted by molar-refractivity contribution is -0.117. The molecule has 20 heavy (non-hydrogen) atoms. The van der Waals surface area contributed by atoms with Gasteiger partial charge in [-0.05, 0) is 25.0 Å². The summed E-state index contributed by atoms with van der Waals surface area (Å²) in [6, 6.07) is 3.39. The molecular weight excluding hydrogens is 258 g/mol. The van der Waals surface area contributed by atoms with Crippen LogP contribution in [0.4, 0.5) is 5.69 Å². The Bertz CT molecular complexity index is 674. The van der Waals surface area contributed by atoms with E-state index in [1.54, 1.807) is 29.1 Å². The molecule has 0 atom stereocenters. The van der Waals surface area contributed by atoms with Crippen LogP contribution in [-0.4, -0.2) is 25.2 Å². The van der Waals surface area contributed by atoms with Crippen molar-refractivity contribution < 1.29 is 4.79 Å². The van der Waals surface area contributed by atoms with Gasteiger partial charge in [0.25, 0.3) is 0 Å². The van der Waals surface area contributed by atoms with Gasteiger partial charge in [0.2, 0.25) is 5.91 Å². The Labute approximate surface area is 115 Å². The van der Waals surface area contributed by atoms with E-state index in [0.717, 1.165) is 25.1 Å². The van der Waals surface area contributed by atoms with Crippen LogP contribution in [0.5, 0.6) is 0 Å². The number of aromatic nitrogens is 4. The highest BCUT2D eigenvalue weighted by Gasteiger charge is 2.17. The molecule has 1 N–H and O–H groups in total. The first-order valence-corrected chi connectivity index (χ1v) is 6.60. The summed E-state index contributed by atoms with van der Waals surface area (Å²) in [6.07, 6.45) is 6.02. The van der Waals surface area contributed by atoms with Crippen LogP contribution in [0, 0.1) is 0 Å². The van der Waals surface area contributed by atoms with Gasteiger partial charge < -0.3 is 5.32 Å². The minimum Gasteiger partial charge on any atom is -0.324 e. The summed E-state index contributed by atoms with van der Waals surface area (Å²) in [5.41, 5.74) is 0.451. The van der Waals surface area contributed by atoms with Crippen LogP contribution in [-0.2, 0) is 24.3 Å². The van der Waals surface area contributed by atoms with Crippen molar-refractivity contribution in [3.63, 3.8) is 0 Å². The second kappa shape index (κ2) is 5.28. The van der Waals surface area contributed by atoms with Gasteiger partial charge in [-0.15, -0.1) is 0 Å². The van der Waals surface area contributed by atoms with Gasteiger partial charge in [-0.25, -0.2) is 9.48 Å². The van der Waals surface area contributed by atoms with E-state index in [1.165, 1.54) is 4.68 Å². The van der Waals surface area contributed by atoms with Crippen LogP contribution in [0.25, 0.3) is 0 Å². The number of nitrogens with zero attached hydrogens (tertiary/aromatic N) is 4. The summed E-state index contributed by atoms with van der Waals surface area (Å²) in [4.78, 5) is 27.9. The van der Waals surface area contributed by atoms with Crippen LogP contribution in [0.3, 0.4) is 0 Å². The first-order valence-electron chi connectivity index (χ1n) is 6.60. The van der Waals surface area contributed by atoms with Crippen LogP contribution in [0.2, 0.25) is 0 Å². The quantitative estimate of drug-likeness (QED) is 0.878. The Balaban J connectivity index is 1.73. The third-order valence-electron chi connectivity index (χ3n) is 3.29. The molecular formula is C13H15N5O2. The molecule has 7 heteroatoms. The van der Waals surface area contributed by atoms with Gasteiger partial charge in [-0.2, -0.15) is 5.10 Å². The maximum absolute atomic E-state index is 12.1. The van der Waals surface area contributed by atoms with Crippen molar-refractivity contribution in [3.8, 4) is 0 Å². The number of amides is 1. The molecule has 7 nitrogen and oxygen atoms in total. The van der Waals surface area contributed by atoms with Crippen LogP contribution in [0.1, 0.15) is 18.7 Å². The lowest BCUT2D eigenvalue weighted by Gasteiger charge is -2.09. The molecule has 104 valence electrons. The molecule has 1 aliphatic rings. The number of nitrogens with one attached hydrogen (secondary N) is 1. The summed E-state index contributed by atoms with van der Waals surface area (Å²) in [6.45, 7) is 0.626. The zero-order valence-electron chi connectivity index (χ0n) is 11.0. The van der Waals surface area contributed by atoms with E-state index in [-0.39, 0.29) is 18.1 Å². The highest BCUT2D eigenvalue weighted by molar-refractivity contribution is 5.90. The fourth-order valence-electron chi connectivity index (χ4n) is 2.32. The molecule has 0 aliphatic carbocycles. The van der Waals surface area contributed by atoms with Gasteiger partial charge >= 0.3 is 5.69 Å². The number of hydrogen-bond donors (Lipinski definition) is 1. The Kier molecular flexibility index (Phi) is 3.32. The molecule has 0 fully saturated rings. The largest absolute Gasteiger partial charge is 0.346 e. The van der Waals surface area contributed by atoms with Crippen molar-refractivity contribution >= 4 is 11.6 Å². The van der Waals surface area contributed by atoms with E-state index < -0.39 is 0 Å². The lowest BCUT2D eigenvalue weighted by Crippen LogP contribution is -2.30. The molecule has 1 amide bonds. The number of anilines is 1. The summed E-state index contributed by atoms with van der Waals surface area (Å²) in [7, 11) is 0. The second-order valence-corrected chi connectivity index (χ2v) is 4.75. The average Bonchev–Trinajstić information content (AvgIpc) is 2.77. The van der Waals surface area contributed by atoms with Gasteiger partial charge in [-0.3, -0.25) is 14.3 Å². The molecule has 0 unspecified atom stereocenters. The van der Waals surface area contributed by atoms with Gasteiger partial charge in [0, 0.05) is 31.0 Å². The minimum atomic E-state index is -0.270. The average molecular weight is 273 g/mol. The molecule has 0 saturated heterocycles. The first kappa shape index (κ1) is 12.6. The summed E-state index contributed by atoms with van der Waals surface area (Å²) in [5.74, 6) is 0.506. The van der Waals surface area contributed by atoms with Gasteiger partial charge in [-0.1, -0.05) is 0 Å². The van der Waals surface area contributed by atoms with Crippen LogP contribution < -0.4 is 11.0 Å². The Morgan fingerprint density at radius 2 is 2.10 bits per heavy atom. The SMILES string of the molecule is O=C(Cn1nc2n(c1=O)CCCC2)Nc1ccncc1. The number of carbonyl (C=O) groups excluding carboxylic acids is 1. The predicted octanol–water partition coefficient (Wildman–Crippen LogP) is 0.415. The van der Waals surface area contributed by atoms with E-state index in [2.05, 4.69) is 15.4 Å². The van der Waals surface area contributed by atoms with Crippen LogP contribution >= 0.6 is 0 Å². The predicted molar refractivity (Wildman–Crippen MR) is 72.3 cm³/mol. The zero-order chi connectivity index (χ0) is 13.9. The molecule has 0 spiro atoms. The molecule has 3 heterocycles. The van der Waals surface area contributed by atoms with Crippen molar-refractivity contribution in [3.05, 3.63) is 40.8 Å². The molecule has 2 aromatic heterocycles. The number of fused-ring (bicyclic) bond motifs is 1. The van der Waals surface area contributed by atoms with E-state index in [0.29, 0.717) is 12.2 Å². The summed E-state index contributed by atoms with van der Waals surface area (Å²) in [5, 5.41) is 6.94. The fraction of sp³-hybridized carbons (Fsp3) is 0.385. The zero-order valence-corrected chi connectivity index (χ0v) is 11.0. The highest BCUT2D eigenvalue weighted by atomic mass is 16.2. The maximum atomic E-state index is 12.1.